The quantitative estimate of drug-likeness (QED) is 0.820. The summed E-state index contributed by atoms with van der Waals surface area (Å²) in [4.78, 5) is 1.93. The topological polar surface area (TPSA) is 46.6 Å². The molecular weight excluding hydrogens is 269 g/mol. The minimum atomic E-state index is -3.63. The van der Waals surface area contributed by atoms with Crippen LogP contribution in [0.1, 0.15) is 5.56 Å². The van der Waals surface area contributed by atoms with Crippen LogP contribution < -0.4 is 0 Å². The second kappa shape index (κ2) is 4.70. The highest BCUT2D eigenvalue weighted by atomic mass is 32.2. The summed E-state index contributed by atoms with van der Waals surface area (Å²) in [5.74, 6) is -0.675. The zero-order valence-corrected chi connectivity index (χ0v) is 11.1. The van der Waals surface area contributed by atoms with Gasteiger partial charge >= 0.3 is 0 Å². The average Bonchev–Trinajstić information content (AvgIpc) is 2.63. The van der Waals surface area contributed by atoms with Crippen LogP contribution in [-0.4, -0.2) is 46.2 Å². The molecule has 0 aliphatic carbocycles. The summed E-state index contributed by atoms with van der Waals surface area (Å²) in [6.07, 6.45) is 0. The highest BCUT2D eigenvalue weighted by Crippen LogP contribution is 2.35. The first kappa shape index (κ1) is 12.8. The van der Waals surface area contributed by atoms with E-state index in [1.54, 1.807) is 12.1 Å². The van der Waals surface area contributed by atoms with Gasteiger partial charge in [0.15, 0.2) is 0 Å². The van der Waals surface area contributed by atoms with Gasteiger partial charge in [-0.2, -0.15) is 0 Å². The SMILES string of the molecule is O=S1(=O)C=C(CN2CCOCC2)c2cccc(F)c21. The molecule has 2 aliphatic rings. The minimum absolute atomic E-state index is 0.182. The van der Waals surface area contributed by atoms with E-state index < -0.39 is 15.7 Å². The number of hydrogen-bond donors (Lipinski definition) is 0. The predicted molar refractivity (Wildman–Crippen MR) is 68.8 cm³/mol. The number of nitrogens with zero attached hydrogens (tertiary/aromatic N) is 1. The molecule has 0 saturated carbocycles. The van der Waals surface area contributed by atoms with Gasteiger partial charge in [0.25, 0.3) is 0 Å². The van der Waals surface area contributed by atoms with Crippen molar-refractivity contribution in [3.63, 3.8) is 0 Å². The van der Waals surface area contributed by atoms with Gasteiger partial charge in [-0.25, -0.2) is 12.8 Å². The van der Waals surface area contributed by atoms with E-state index in [1.807, 2.05) is 0 Å². The lowest BCUT2D eigenvalue weighted by Gasteiger charge is -2.26. The minimum Gasteiger partial charge on any atom is -0.379 e. The summed E-state index contributed by atoms with van der Waals surface area (Å²) in [5, 5.41) is 1.19. The van der Waals surface area contributed by atoms with Crippen LogP contribution in [0.4, 0.5) is 4.39 Å². The first-order valence-electron chi connectivity index (χ1n) is 6.12. The second-order valence-electron chi connectivity index (χ2n) is 4.69. The smallest absolute Gasteiger partial charge is 0.203 e. The van der Waals surface area contributed by atoms with Crippen LogP contribution in [0.15, 0.2) is 28.5 Å². The van der Waals surface area contributed by atoms with E-state index in [1.165, 1.54) is 11.5 Å². The molecule has 0 amide bonds. The van der Waals surface area contributed by atoms with Gasteiger partial charge in [-0.1, -0.05) is 12.1 Å². The molecule has 0 bridgehead atoms. The van der Waals surface area contributed by atoms with Crippen molar-refractivity contribution in [2.45, 2.75) is 4.90 Å². The van der Waals surface area contributed by atoms with E-state index in [4.69, 9.17) is 4.74 Å². The molecule has 19 heavy (non-hydrogen) atoms. The highest BCUT2D eigenvalue weighted by molar-refractivity contribution is 7.95. The van der Waals surface area contributed by atoms with Crippen molar-refractivity contribution in [2.75, 3.05) is 32.8 Å². The first-order valence-corrected chi connectivity index (χ1v) is 7.67. The Hall–Kier alpha value is -1.24. The van der Waals surface area contributed by atoms with Gasteiger partial charge in [-0.05, 0) is 11.6 Å². The normalized spacial score (nSPS) is 22.1. The molecule has 1 saturated heterocycles. The highest BCUT2D eigenvalue weighted by Gasteiger charge is 2.31. The largest absolute Gasteiger partial charge is 0.379 e. The summed E-state index contributed by atoms with van der Waals surface area (Å²) in [5.41, 5.74) is 1.16. The molecule has 0 radical (unpaired) electrons. The van der Waals surface area contributed by atoms with Crippen molar-refractivity contribution in [1.82, 2.24) is 4.90 Å². The molecule has 0 unspecified atom stereocenters. The van der Waals surface area contributed by atoms with Crippen molar-refractivity contribution in [2.24, 2.45) is 0 Å². The summed E-state index contributed by atoms with van der Waals surface area (Å²) in [7, 11) is -3.63. The summed E-state index contributed by atoms with van der Waals surface area (Å²) >= 11 is 0. The van der Waals surface area contributed by atoms with Crippen LogP contribution in [-0.2, 0) is 14.6 Å². The van der Waals surface area contributed by atoms with Crippen molar-refractivity contribution < 1.29 is 17.5 Å². The average molecular weight is 283 g/mol. The summed E-state index contributed by atoms with van der Waals surface area (Å²) in [6.45, 7) is 3.34. The van der Waals surface area contributed by atoms with Crippen molar-refractivity contribution in [3.8, 4) is 0 Å². The third-order valence-corrected chi connectivity index (χ3v) is 4.97. The third kappa shape index (κ3) is 2.31. The van der Waals surface area contributed by atoms with Crippen molar-refractivity contribution in [1.29, 1.82) is 0 Å². The fraction of sp³-hybridized carbons (Fsp3) is 0.385. The Kier molecular flexibility index (Phi) is 3.16. The van der Waals surface area contributed by atoms with E-state index in [-0.39, 0.29) is 4.90 Å². The maximum Gasteiger partial charge on any atom is 0.203 e. The number of benzene rings is 1. The fourth-order valence-electron chi connectivity index (χ4n) is 2.48. The van der Waals surface area contributed by atoms with Gasteiger partial charge < -0.3 is 4.74 Å². The first-order chi connectivity index (χ1) is 9.08. The molecule has 1 fully saturated rings. The number of hydrogen-bond acceptors (Lipinski definition) is 4. The Balaban J connectivity index is 1.94. The van der Waals surface area contributed by atoms with Gasteiger partial charge in [0.05, 0.1) is 13.2 Å². The third-order valence-electron chi connectivity index (χ3n) is 3.39. The second-order valence-corrected chi connectivity index (χ2v) is 6.43. The molecule has 0 aromatic heterocycles. The monoisotopic (exact) mass is 283 g/mol. The van der Waals surface area contributed by atoms with Crippen LogP contribution in [0.25, 0.3) is 5.57 Å². The Bertz CT molecular complexity index is 633. The zero-order chi connectivity index (χ0) is 13.5. The van der Waals surface area contributed by atoms with Crippen LogP contribution in [0.2, 0.25) is 0 Å². The predicted octanol–water partition coefficient (Wildman–Crippen LogP) is 1.29. The molecule has 3 rings (SSSR count). The maximum atomic E-state index is 13.7. The maximum absolute atomic E-state index is 13.7. The molecule has 0 spiro atoms. The zero-order valence-electron chi connectivity index (χ0n) is 10.3. The van der Waals surface area contributed by atoms with E-state index >= 15 is 0 Å². The van der Waals surface area contributed by atoms with Crippen LogP contribution in [0.5, 0.6) is 0 Å². The number of fused-ring (bicyclic) bond motifs is 1. The number of ether oxygens (including phenoxy) is 1. The molecule has 0 N–H and O–H groups in total. The fourth-order valence-corrected chi connectivity index (χ4v) is 4.02. The van der Waals surface area contributed by atoms with E-state index in [9.17, 15) is 12.8 Å². The molecule has 1 aromatic carbocycles. The molecule has 102 valence electrons. The number of rotatable bonds is 2. The lowest BCUT2D eigenvalue weighted by atomic mass is 10.1. The molecule has 0 atom stereocenters. The molecule has 4 nitrogen and oxygen atoms in total. The molecule has 1 aromatic rings. The Morgan fingerprint density at radius 1 is 1.26 bits per heavy atom. The lowest BCUT2D eigenvalue weighted by Crippen LogP contribution is -2.37. The Labute approximate surface area is 111 Å². The van der Waals surface area contributed by atoms with E-state index in [2.05, 4.69) is 4.90 Å². The van der Waals surface area contributed by atoms with Crippen molar-refractivity contribution in [3.05, 3.63) is 35.0 Å². The number of sulfone groups is 1. The van der Waals surface area contributed by atoms with Crippen molar-refractivity contribution >= 4 is 15.4 Å². The van der Waals surface area contributed by atoms with Gasteiger partial charge in [0.2, 0.25) is 9.84 Å². The van der Waals surface area contributed by atoms with E-state index in [0.717, 1.165) is 13.1 Å². The number of halogens is 1. The molecular formula is C13H14FNO3S. The van der Waals surface area contributed by atoms with E-state index in [0.29, 0.717) is 30.9 Å². The lowest BCUT2D eigenvalue weighted by molar-refractivity contribution is 0.0444. The Morgan fingerprint density at radius 3 is 2.74 bits per heavy atom. The Morgan fingerprint density at radius 2 is 2.00 bits per heavy atom. The van der Waals surface area contributed by atoms with Gasteiger partial charge in [0, 0.05) is 30.6 Å². The standard InChI is InChI=1S/C13H14FNO3S/c14-12-3-1-2-11-10(9-19(16,17)13(11)12)8-15-4-6-18-7-5-15/h1-3,9H,4-8H2. The molecule has 6 heteroatoms. The van der Waals surface area contributed by atoms with Crippen LogP contribution in [0.3, 0.4) is 0 Å². The molecule has 2 aliphatic heterocycles. The summed E-state index contributed by atoms with van der Waals surface area (Å²) in [6, 6.07) is 4.39. The summed E-state index contributed by atoms with van der Waals surface area (Å²) < 4.78 is 42.9. The van der Waals surface area contributed by atoms with Gasteiger partial charge in [-0.3, -0.25) is 4.90 Å². The van der Waals surface area contributed by atoms with Crippen LogP contribution in [0, 0.1) is 5.82 Å². The van der Waals surface area contributed by atoms with Gasteiger partial charge in [-0.15, -0.1) is 0 Å². The van der Waals surface area contributed by atoms with Gasteiger partial charge in [0.1, 0.15) is 10.7 Å². The molecule has 2 heterocycles. The van der Waals surface area contributed by atoms with Crippen LogP contribution >= 0.6 is 0 Å². The number of morpholine rings is 1.